The molecule has 11 heteroatoms. The molecule has 0 radical (unpaired) electrons. The third-order valence-corrected chi connectivity index (χ3v) is 17.1. The van der Waals surface area contributed by atoms with E-state index in [9.17, 15) is 29.4 Å². The maximum atomic E-state index is 12.3. The molecule has 0 amide bonds. The van der Waals surface area contributed by atoms with Gasteiger partial charge >= 0.3 is 23.9 Å². The molecule has 0 aromatic rings. The molecule has 11 nitrogen and oxygen atoms in total. The number of unbranched alkanes of at least 4 members (excludes halogenated alkanes) is 8. The van der Waals surface area contributed by atoms with Gasteiger partial charge in [-0.15, -0.1) is 0 Å². The summed E-state index contributed by atoms with van der Waals surface area (Å²) in [6.45, 7) is 30.2. The number of aliphatic carboxylic acids is 3. The van der Waals surface area contributed by atoms with Crippen molar-refractivity contribution in [2.24, 2.45) is 35.0 Å². The number of likely N-dealkylation sites (tertiary alicyclic amines) is 3. The molecular weight excluding hydrogens is 771 g/mol. The first-order valence-electron chi connectivity index (χ1n) is 23.9. The van der Waals surface area contributed by atoms with E-state index in [0.29, 0.717) is 24.2 Å². The number of ether oxygens (including phenoxy) is 1. The van der Waals surface area contributed by atoms with Gasteiger partial charge in [0.05, 0.1) is 31.3 Å². The molecule has 3 N–H and O–H groups in total. The zero-order valence-corrected chi connectivity index (χ0v) is 41.5. The van der Waals surface area contributed by atoms with Crippen molar-refractivity contribution in [2.75, 3.05) is 27.7 Å². The molecule has 0 bridgehead atoms. The third-order valence-electron chi connectivity index (χ3n) is 17.1. The van der Waals surface area contributed by atoms with E-state index >= 15 is 0 Å². The molecular formula is C50H91N3O8. The van der Waals surface area contributed by atoms with Crippen LogP contribution in [0.4, 0.5) is 0 Å². The number of piperidine rings is 3. The Labute approximate surface area is 371 Å². The zero-order valence-electron chi connectivity index (χ0n) is 41.5. The predicted molar refractivity (Wildman–Crippen MR) is 245 cm³/mol. The lowest BCUT2D eigenvalue weighted by Crippen LogP contribution is -2.68. The number of nitrogens with zero attached hydrogens (tertiary/aromatic N) is 3. The smallest absolute Gasteiger partial charge is 0.307 e. The van der Waals surface area contributed by atoms with Crippen molar-refractivity contribution >= 4 is 23.9 Å². The molecule has 3 heterocycles. The Balaban J connectivity index is 1.69. The summed E-state index contributed by atoms with van der Waals surface area (Å²) in [4.78, 5) is 54.6. The first-order valence-corrected chi connectivity index (χ1v) is 23.9. The van der Waals surface area contributed by atoms with Crippen molar-refractivity contribution in [3.8, 4) is 0 Å². The molecule has 0 aliphatic carbocycles. The summed E-state index contributed by atoms with van der Waals surface area (Å²) < 4.78 is 5.22. The molecule has 3 fully saturated rings. The quantitative estimate of drug-likeness (QED) is 0.0706. The van der Waals surface area contributed by atoms with Crippen LogP contribution in [0.5, 0.6) is 0 Å². The van der Waals surface area contributed by atoms with Gasteiger partial charge in [-0.25, -0.2) is 0 Å². The molecule has 3 aliphatic heterocycles. The van der Waals surface area contributed by atoms with Crippen LogP contribution in [0, 0.1) is 35.0 Å². The van der Waals surface area contributed by atoms with Crippen LogP contribution in [0.15, 0.2) is 0 Å². The van der Waals surface area contributed by atoms with Crippen LogP contribution in [-0.2, 0) is 23.9 Å². The van der Waals surface area contributed by atoms with Gasteiger partial charge in [-0.2, -0.15) is 0 Å². The highest BCUT2D eigenvalue weighted by atomic mass is 16.5. The van der Waals surface area contributed by atoms with E-state index in [2.05, 4.69) is 119 Å². The Morgan fingerprint density at radius 3 is 1.07 bits per heavy atom. The number of rotatable bonds is 22. The van der Waals surface area contributed by atoms with Crippen LogP contribution in [0.3, 0.4) is 0 Å². The molecule has 0 aromatic carbocycles. The summed E-state index contributed by atoms with van der Waals surface area (Å²) in [7, 11) is 7.09. The van der Waals surface area contributed by atoms with Crippen LogP contribution in [0.25, 0.3) is 0 Å². The molecule has 2 unspecified atom stereocenters. The first kappa shape index (κ1) is 53.1. The van der Waals surface area contributed by atoms with Crippen molar-refractivity contribution < 1.29 is 39.2 Å². The van der Waals surface area contributed by atoms with Crippen molar-refractivity contribution in [3.63, 3.8) is 0 Å². The van der Waals surface area contributed by atoms with Gasteiger partial charge in [-0.3, -0.25) is 33.9 Å². The van der Waals surface area contributed by atoms with Crippen LogP contribution >= 0.6 is 0 Å². The predicted octanol–water partition coefficient (Wildman–Crippen LogP) is 10.4. The minimum absolute atomic E-state index is 0.116. The van der Waals surface area contributed by atoms with Gasteiger partial charge in [0.2, 0.25) is 0 Å². The van der Waals surface area contributed by atoms with Gasteiger partial charge in [-0.05, 0) is 179 Å². The zero-order chi connectivity index (χ0) is 46.6. The van der Waals surface area contributed by atoms with E-state index in [0.717, 1.165) is 25.7 Å². The fourth-order valence-corrected chi connectivity index (χ4v) is 13.1. The SMILES string of the molecule is CN1C(C)(C)CC(C(CCCCCCCCCCCOC(=O)CC(C(=O)O)C(CC(=O)O)C(=O)O)(C2CC(C)(C)N(C)C(C)(C)C2)C2CC(C)(C)N(C)C(C)(C)C2)CC1(C)C. The second kappa shape index (κ2) is 20.3. The minimum atomic E-state index is -1.71. The Bertz CT molecular complexity index is 1340. The fraction of sp³-hybridized carbons (Fsp3) is 0.920. The number of carbonyl (C=O) groups is 4. The highest BCUT2D eigenvalue weighted by Gasteiger charge is 2.61. The van der Waals surface area contributed by atoms with Crippen molar-refractivity contribution in [1.29, 1.82) is 0 Å². The molecule has 354 valence electrons. The summed E-state index contributed by atoms with van der Waals surface area (Å²) >= 11 is 0. The third kappa shape index (κ3) is 13.0. The number of carbonyl (C=O) groups excluding carboxylic acids is 1. The van der Waals surface area contributed by atoms with Gasteiger partial charge in [0.15, 0.2) is 0 Å². The average molecular weight is 862 g/mol. The molecule has 0 spiro atoms. The lowest BCUT2D eigenvalue weighted by Gasteiger charge is -2.67. The standard InChI is InChI=1S/C50H91N3O8/c1-44(2)29-35(30-45(3,4)51(44)13)50(36-31-46(5,6)52(14)47(7,8)32-36,37-33-48(9,10)53(15)49(11,12)34-37)25-23-21-19-17-16-18-20-22-24-26-61-41(56)28-39(43(59)60)38(42(57)58)27-40(54)55/h35-39H,16-34H2,1-15H3,(H,54,55)(H,57,58)(H,59,60). The second-order valence-corrected chi connectivity index (χ2v) is 23.8. The lowest BCUT2D eigenvalue weighted by atomic mass is 9.45. The number of carboxylic acids is 3. The second-order valence-electron chi connectivity index (χ2n) is 23.8. The van der Waals surface area contributed by atoms with E-state index in [1.807, 2.05) is 0 Å². The van der Waals surface area contributed by atoms with E-state index < -0.39 is 48.6 Å². The normalized spacial score (nSPS) is 24.5. The lowest BCUT2D eigenvalue weighted by molar-refractivity contribution is -0.173. The molecule has 3 rings (SSSR count). The van der Waals surface area contributed by atoms with Gasteiger partial charge in [0.25, 0.3) is 0 Å². The number of carboxylic acid groups (broad SMARTS) is 3. The largest absolute Gasteiger partial charge is 0.481 e. The van der Waals surface area contributed by atoms with Gasteiger partial charge < -0.3 is 20.1 Å². The molecule has 3 saturated heterocycles. The van der Waals surface area contributed by atoms with Crippen LogP contribution < -0.4 is 0 Å². The molecule has 0 saturated carbocycles. The molecule has 0 aromatic heterocycles. The number of hydrogen-bond acceptors (Lipinski definition) is 8. The monoisotopic (exact) mass is 862 g/mol. The van der Waals surface area contributed by atoms with Crippen LogP contribution in [-0.4, -0.2) is 115 Å². The molecule has 61 heavy (non-hydrogen) atoms. The van der Waals surface area contributed by atoms with Crippen molar-refractivity contribution in [1.82, 2.24) is 14.7 Å². The molecule has 3 aliphatic rings. The Hall–Kier alpha value is -2.24. The van der Waals surface area contributed by atoms with E-state index in [4.69, 9.17) is 9.84 Å². The summed E-state index contributed by atoms with van der Waals surface area (Å²) in [5.74, 6) is -6.76. The fourth-order valence-electron chi connectivity index (χ4n) is 13.1. The Morgan fingerprint density at radius 2 is 0.770 bits per heavy atom. The molecule has 2 atom stereocenters. The first-order chi connectivity index (χ1) is 27.8. The van der Waals surface area contributed by atoms with Crippen LogP contribution in [0.1, 0.15) is 199 Å². The minimum Gasteiger partial charge on any atom is -0.481 e. The number of esters is 1. The van der Waals surface area contributed by atoms with Crippen molar-refractivity contribution in [3.05, 3.63) is 0 Å². The van der Waals surface area contributed by atoms with Crippen molar-refractivity contribution in [2.45, 2.75) is 232 Å². The maximum absolute atomic E-state index is 12.3. The highest BCUT2D eigenvalue weighted by Crippen LogP contribution is 2.64. The summed E-state index contributed by atoms with van der Waals surface area (Å²) in [6.07, 6.45) is 17.0. The maximum Gasteiger partial charge on any atom is 0.307 e. The summed E-state index contributed by atoms with van der Waals surface area (Å²) in [5, 5.41) is 27.8. The van der Waals surface area contributed by atoms with E-state index in [1.165, 1.54) is 70.6 Å². The van der Waals surface area contributed by atoms with E-state index in [-0.39, 0.29) is 45.3 Å². The number of hydrogen-bond donors (Lipinski definition) is 3. The van der Waals surface area contributed by atoms with Gasteiger partial charge in [-0.1, -0.05) is 51.4 Å². The van der Waals surface area contributed by atoms with Crippen LogP contribution in [0.2, 0.25) is 0 Å². The van der Waals surface area contributed by atoms with Gasteiger partial charge in [0, 0.05) is 33.2 Å². The Kier molecular flexibility index (Phi) is 17.7. The van der Waals surface area contributed by atoms with Gasteiger partial charge in [0.1, 0.15) is 0 Å². The summed E-state index contributed by atoms with van der Waals surface area (Å²) in [6, 6.07) is 0. The topological polar surface area (TPSA) is 148 Å². The van der Waals surface area contributed by atoms with E-state index in [1.54, 1.807) is 0 Å². The highest BCUT2D eigenvalue weighted by molar-refractivity contribution is 5.86. The average Bonchev–Trinajstić information content (AvgIpc) is 3.10. The summed E-state index contributed by atoms with van der Waals surface area (Å²) in [5.41, 5.74) is 0.926. The Morgan fingerprint density at radius 1 is 0.492 bits per heavy atom.